The number of carbonyl (C=O) groups is 1. The fraction of sp³-hybridized carbons (Fsp3) is 0.909. The Labute approximate surface area is 106 Å². The maximum atomic E-state index is 12.3. The lowest BCUT2D eigenvalue weighted by molar-refractivity contribution is -0.150. The van der Waals surface area contributed by atoms with E-state index in [1.165, 1.54) is 0 Å². The minimum absolute atomic E-state index is 0.000974. The van der Waals surface area contributed by atoms with Gasteiger partial charge in [-0.1, -0.05) is 0 Å². The van der Waals surface area contributed by atoms with Crippen LogP contribution in [0.2, 0.25) is 0 Å². The first-order chi connectivity index (χ1) is 8.77. The number of nitrogens with zero attached hydrogens (tertiary/aromatic N) is 2. The lowest BCUT2D eigenvalue weighted by atomic mass is 10.2. The van der Waals surface area contributed by atoms with E-state index in [9.17, 15) is 4.79 Å². The zero-order valence-corrected chi connectivity index (χ0v) is 10.3. The second-order valence-corrected chi connectivity index (χ2v) is 4.37. The Morgan fingerprint density at radius 2 is 1.44 bits per heavy atom. The van der Waals surface area contributed by atoms with Gasteiger partial charge in [0.1, 0.15) is 0 Å². The van der Waals surface area contributed by atoms with Crippen molar-refractivity contribution in [2.24, 2.45) is 0 Å². The number of rotatable bonds is 6. The Morgan fingerprint density at radius 1 is 1.00 bits per heavy atom. The van der Waals surface area contributed by atoms with Crippen molar-refractivity contribution in [1.82, 2.24) is 9.80 Å². The highest BCUT2D eigenvalue weighted by Crippen LogP contribution is 2.18. The molecule has 2 saturated heterocycles. The molecule has 18 heavy (non-hydrogen) atoms. The molecule has 0 spiro atoms. The van der Waals surface area contributed by atoms with Gasteiger partial charge in [-0.3, -0.25) is 14.6 Å². The summed E-state index contributed by atoms with van der Waals surface area (Å²) in [6.07, 6.45) is -1.28. The van der Waals surface area contributed by atoms with Gasteiger partial charge in [0.25, 0.3) is 0 Å². The normalized spacial score (nSPS) is 30.1. The number of carbonyl (C=O) groups excluding carboxylic acids is 1. The molecule has 2 heterocycles. The van der Waals surface area contributed by atoms with Gasteiger partial charge in [-0.05, 0) is 0 Å². The highest BCUT2D eigenvalue weighted by Gasteiger charge is 2.40. The Morgan fingerprint density at radius 3 is 1.83 bits per heavy atom. The van der Waals surface area contributed by atoms with Gasteiger partial charge in [0, 0.05) is 26.2 Å². The molecule has 0 radical (unpaired) electrons. The summed E-state index contributed by atoms with van der Waals surface area (Å²) in [5.74, 6) is -0.146. The predicted octanol–water partition coefficient (Wildman–Crippen LogP) is -2.14. The van der Waals surface area contributed by atoms with Crippen LogP contribution >= 0.6 is 0 Å². The van der Waals surface area contributed by atoms with Crippen LogP contribution in [0.3, 0.4) is 0 Å². The molecular formula is C11H20N2O5. The maximum absolute atomic E-state index is 12.3. The highest BCUT2D eigenvalue weighted by molar-refractivity contribution is 5.87. The van der Waals surface area contributed by atoms with Crippen LogP contribution < -0.4 is 0 Å². The topological polar surface area (TPSA) is 82.5 Å². The summed E-state index contributed by atoms with van der Waals surface area (Å²) >= 11 is 0. The largest absolute Gasteiger partial charge is 0.395 e. The minimum atomic E-state index is -0.638. The average Bonchev–Trinajstić information content (AvgIpc) is 2.98. The van der Waals surface area contributed by atoms with Gasteiger partial charge >= 0.3 is 0 Å². The molecule has 2 N–H and O–H groups in total. The molecule has 0 amide bonds. The molecule has 2 aliphatic rings. The molecule has 2 atom stereocenters. The Bertz CT molecular complexity index is 263. The quantitative estimate of drug-likeness (QED) is 0.564. The van der Waals surface area contributed by atoms with Gasteiger partial charge < -0.3 is 19.7 Å². The van der Waals surface area contributed by atoms with E-state index in [-0.39, 0.29) is 19.0 Å². The van der Waals surface area contributed by atoms with Crippen LogP contribution in [0.25, 0.3) is 0 Å². The molecule has 0 aromatic rings. The molecule has 0 aromatic heterocycles. The second kappa shape index (κ2) is 6.55. The van der Waals surface area contributed by atoms with Gasteiger partial charge in [-0.2, -0.15) is 0 Å². The lowest BCUT2D eigenvalue weighted by Gasteiger charge is -2.26. The Balaban J connectivity index is 1.97. The fourth-order valence-electron chi connectivity index (χ4n) is 2.37. The molecule has 0 saturated carbocycles. The Kier molecular flexibility index (Phi) is 5.04. The van der Waals surface area contributed by atoms with Crippen molar-refractivity contribution in [2.45, 2.75) is 12.5 Å². The third-order valence-corrected chi connectivity index (χ3v) is 3.23. The summed E-state index contributed by atoms with van der Waals surface area (Å²) in [6.45, 7) is 3.10. The van der Waals surface area contributed by atoms with Crippen molar-refractivity contribution in [3.05, 3.63) is 0 Å². The summed E-state index contributed by atoms with van der Waals surface area (Å²) in [6, 6.07) is 0. The molecule has 2 fully saturated rings. The molecule has 7 nitrogen and oxygen atoms in total. The zero-order chi connectivity index (χ0) is 13.0. The van der Waals surface area contributed by atoms with E-state index in [0.717, 1.165) is 0 Å². The van der Waals surface area contributed by atoms with E-state index in [1.54, 1.807) is 9.80 Å². The number of hydrogen-bond donors (Lipinski definition) is 2. The number of β-amino-alcohol motifs (C(OH)–C–C–N with tert-alkyl or cyclic N) is 2. The second-order valence-electron chi connectivity index (χ2n) is 4.37. The summed E-state index contributed by atoms with van der Waals surface area (Å²) < 4.78 is 10.8. The standard InChI is InChI=1S/C11H20N2O5/c14-5-1-12-3-7-17-10(12)9(16)11-13(2-6-15)4-8-18-11/h10-11,14-15H,1-8H2. The third kappa shape index (κ3) is 2.87. The molecule has 7 heteroatoms. The third-order valence-electron chi connectivity index (χ3n) is 3.23. The Hall–Kier alpha value is -0.570. The van der Waals surface area contributed by atoms with Crippen LogP contribution in [-0.2, 0) is 14.3 Å². The first-order valence-electron chi connectivity index (χ1n) is 6.24. The van der Waals surface area contributed by atoms with Crippen LogP contribution in [0.4, 0.5) is 0 Å². The van der Waals surface area contributed by atoms with Crippen LogP contribution in [0, 0.1) is 0 Å². The van der Waals surface area contributed by atoms with Crippen LogP contribution in [0.15, 0.2) is 0 Å². The number of Topliss-reactive ketones (excluding diaryl/α,β-unsaturated/α-hetero) is 1. The summed E-state index contributed by atoms with van der Waals surface area (Å²) in [5.41, 5.74) is 0. The SMILES string of the molecule is O=C(C1OCCN1CCO)C1OCCN1CCO. The van der Waals surface area contributed by atoms with Crippen LogP contribution in [0.5, 0.6) is 0 Å². The fourth-order valence-corrected chi connectivity index (χ4v) is 2.37. The van der Waals surface area contributed by atoms with E-state index in [2.05, 4.69) is 0 Å². The first kappa shape index (κ1) is 13.9. The molecule has 2 aliphatic heterocycles. The average molecular weight is 260 g/mol. The van der Waals surface area contributed by atoms with Gasteiger partial charge in [0.15, 0.2) is 12.5 Å². The number of hydrogen-bond acceptors (Lipinski definition) is 7. The molecule has 2 unspecified atom stereocenters. The minimum Gasteiger partial charge on any atom is -0.395 e. The van der Waals surface area contributed by atoms with Crippen molar-refractivity contribution in [1.29, 1.82) is 0 Å². The maximum Gasteiger partial charge on any atom is 0.220 e. The smallest absolute Gasteiger partial charge is 0.220 e. The van der Waals surface area contributed by atoms with E-state index >= 15 is 0 Å². The van der Waals surface area contributed by atoms with Gasteiger partial charge in [-0.25, -0.2) is 0 Å². The van der Waals surface area contributed by atoms with Gasteiger partial charge in [0.2, 0.25) is 5.78 Å². The van der Waals surface area contributed by atoms with Crippen LogP contribution in [-0.4, -0.2) is 90.9 Å². The molecule has 2 rings (SSSR count). The van der Waals surface area contributed by atoms with Crippen molar-refractivity contribution < 1.29 is 24.5 Å². The summed E-state index contributed by atoms with van der Waals surface area (Å²) in [4.78, 5) is 15.9. The number of aliphatic hydroxyl groups is 2. The van der Waals surface area contributed by atoms with Gasteiger partial charge in [0.05, 0.1) is 26.4 Å². The first-order valence-corrected chi connectivity index (χ1v) is 6.24. The van der Waals surface area contributed by atoms with Crippen molar-refractivity contribution in [3.63, 3.8) is 0 Å². The molecule has 0 aromatic carbocycles. The molecular weight excluding hydrogens is 240 g/mol. The predicted molar refractivity (Wildman–Crippen MR) is 61.8 cm³/mol. The molecule has 0 aliphatic carbocycles. The monoisotopic (exact) mass is 260 g/mol. The lowest BCUT2D eigenvalue weighted by Crippen LogP contribution is -2.49. The van der Waals surface area contributed by atoms with Crippen LogP contribution in [0.1, 0.15) is 0 Å². The van der Waals surface area contributed by atoms with Crippen molar-refractivity contribution in [2.75, 3.05) is 52.6 Å². The zero-order valence-electron chi connectivity index (χ0n) is 10.3. The molecule has 0 bridgehead atoms. The van der Waals surface area contributed by atoms with E-state index in [4.69, 9.17) is 19.7 Å². The highest BCUT2D eigenvalue weighted by atomic mass is 16.5. The van der Waals surface area contributed by atoms with Gasteiger partial charge in [-0.15, -0.1) is 0 Å². The van der Waals surface area contributed by atoms with Crippen molar-refractivity contribution in [3.8, 4) is 0 Å². The summed E-state index contributed by atoms with van der Waals surface area (Å²) in [7, 11) is 0. The number of ether oxygens (including phenoxy) is 2. The van der Waals surface area contributed by atoms with E-state index in [0.29, 0.717) is 39.4 Å². The number of aliphatic hydroxyl groups excluding tert-OH is 2. The van der Waals surface area contributed by atoms with E-state index in [1.807, 2.05) is 0 Å². The molecule has 104 valence electrons. The summed E-state index contributed by atoms with van der Waals surface area (Å²) in [5, 5.41) is 17.9. The van der Waals surface area contributed by atoms with Crippen molar-refractivity contribution >= 4 is 5.78 Å². The van der Waals surface area contributed by atoms with E-state index < -0.39 is 12.5 Å². The number of ketones is 1.